The number of Topliss-reactive ketones (excluding diaryl/α,β-unsaturated/α-hetero) is 1. The highest BCUT2D eigenvalue weighted by atomic mass is 79.9. The van der Waals surface area contributed by atoms with E-state index in [-0.39, 0.29) is 18.0 Å². The molecule has 2 nitrogen and oxygen atoms in total. The van der Waals surface area contributed by atoms with Crippen LogP contribution >= 0.6 is 31.9 Å². The molecular formula is C11H10Br2O2. The summed E-state index contributed by atoms with van der Waals surface area (Å²) in [7, 11) is 0. The van der Waals surface area contributed by atoms with Crippen LogP contribution in [0.1, 0.15) is 12.8 Å². The van der Waals surface area contributed by atoms with E-state index in [9.17, 15) is 4.79 Å². The Morgan fingerprint density at radius 3 is 2.40 bits per heavy atom. The summed E-state index contributed by atoms with van der Waals surface area (Å²) in [6, 6.07) is 0. The predicted molar refractivity (Wildman–Crippen MR) is 63.9 cm³/mol. The SMILES string of the molecule is O=C1C(Br)=C(Br)[C@@H]2O[C@H]1C1CC=CCC12. The minimum Gasteiger partial charge on any atom is -0.361 e. The summed E-state index contributed by atoms with van der Waals surface area (Å²) in [5.74, 6) is 0.935. The van der Waals surface area contributed by atoms with Crippen molar-refractivity contribution in [1.29, 1.82) is 0 Å². The Morgan fingerprint density at radius 1 is 1.13 bits per heavy atom. The number of rotatable bonds is 0. The lowest BCUT2D eigenvalue weighted by molar-refractivity contribution is -0.127. The second kappa shape index (κ2) is 3.54. The Bertz CT molecular complexity index is 386. The third-order valence-electron chi connectivity index (χ3n) is 3.54. The number of carbonyl (C=O) groups excluding carboxylic acids is 1. The summed E-state index contributed by atoms with van der Waals surface area (Å²) in [6.07, 6.45) is 6.22. The monoisotopic (exact) mass is 332 g/mol. The van der Waals surface area contributed by atoms with Crippen LogP contribution in [0, 0.1) is 11.8 Å². The Hall–Kier alpha value is 0.0700. The number of fused-ring (bicyclic) bond motifs is 5. The molecule has 2 heterocycles. The molecular weight excluding hydrogens is 324 g/mol. The molecule has 0 N–H and O–H groups in total. The van der Waals surface area contributed by atoms with E-state index in [0.29, 0.717) is 16.3 Å². The molecule has 0 aromatic rings. The minimum atomic E-state index is -0.222. The highest BCUT2D eigenvalue weighted by Crippen LogP contribution is 2.49. The van der Waals surface area contributed by atoms with Crippen molar-refractivity contribution in [2.24, 2.45) is 11.8 Å². The lowest BCUT2D eigenvalue weighted by atomic mass is 9.80. The summed E-state index contributed by atoms with van der Waals surface area (Å²) in [5.41, 5.74) is 0. The standard InChI is InChI=1S/C11H10Br2O2/c12-7-8(13)10-5-3-1-2-4-6(5)11(15-10)9(7)14/h1-2,5-6,10-11H,3-4H2/t5?,6?,10-,11+/m1/s1. The second-order valence-electron chi connectivity index (χ2n) is 4.27. The van der Waals surface area contributed by atoms with Gasteiger partial charge in [0.1, 0.15) is 6.10 Å². The smallest absolute Gasteiger partial charge is 0.199 e. The average Bonchev–Trinajstić information content (AvgIpc) is 2.62. The predicted octanol–water partition coefficient (Wildman–Crippen LogP) is 2.92. The zero-order chi connectivity index (χ0) is 10.6. The molecule has 0 amide bonds. The third kappa shape index (κ3) is 1.34. The Morgan fingerprint density at radius 2 is 1.73 bits per heavy atom. The highest BCUT2D eigenvalue weighted by molar-refractivity contribution is 9.14. The zero-order valence-corrected chi connectivity index (χ0v) is 11.1. The van der Waals surface area contributed by atoms with Gasteiger partial charge in [0, 0.05) is 10.4 Å². The maximum Gasteiger partial charge on any atom is 0.199 e. The van der Waals surface area contributed by atoms with E-state index < -0.39 is 0 Å². The van der Waals surface area contributed by atoms with E-state index in [1.807, 2.05) is 0 Å². The number of hydrogen-bond donors (Lipinski definition) is 0. The van der Waals surface area contributed by atoms with Gasteiger partial charge in [-0.15, -0.1) is 0 Å². The van der Waals surface area contributed by atoms with Crippen LogP contribution in [0.15, 0.2) is 21.1 Å². The van der Waals surface area contributed by atoms with Crippen molar-refractivity contribution in [2.45, 2.75) is 25.0 Å². The maximum atomic E-state index is 12.0. The molecule has 1 fully saturated rings. The first-order valence-corrected chi connectivity index (χ1v) is 6.68. The number of ketones is 1. The molecule has 3 rings (SSSR count). The van der Waals surface area contributed by atoms with Gasteiger partial charge < -0.3 is 4.74 Å². The molecule has 15 heavy (non-hydrogen) atoms. The van der Waals surface area contributed by atoms with Gasteiger partial charge in [0.05, 0.1) is 10.6 Å². The number of ether oxygens (including phenoxy) is 1. The molecule has 1 saturated heterocycles. The minimum absolute atomic E-state index is 0.0806. The molecule has 0 aromatic carbocycles. The van der Waals surface area contributed by atoms with Gasteiger partial charge in [0.15, 0.2) is 5.78 Å². The summed E-state index contributed by atoms with van der Waals surface area (Å²) in [5, 5.41) is 0. The molecule has 2 bridgehead atoms. The molecule has 0 spiro atoms. The molecule has 4 heteroatoms. The van der Waals surface area contributed by atoms with Gasteiger partial charge in [-0.1, -0.05) is 28.1 Å². The first-order valence-electron chi connectivity index (χ1n) is 5.10. The topological polar surface area (TPSA) is 26.3 Å². The molecule has 3 aliphatic rings. The summed E-state index contributed by atoms with van der Waals surface area (Å²) < 4.78 is 7.39. The van der Waals surface area contributed by atoms with Crippen molar-refractivity contribution in [3.63, 3.8) is 0 Å². The van der Waals surface area contributed by atoms with Crippen LogP contribution in [-0.2, 0) is 9.53 Å². The lowest BCUT2D eigenvalue weighted by Gasteiger charge is -2.22. The molecule has 0 aromatic heterocycles. The van der Waals surface area contributed by atoms with Crippen LogP contribution in [0.4, 0.5) is 0 Å². The molecule has 0 saturated carbocycles. The van der Waals surface area contributed by atoms with Crippen molar-refractivity contribution in [2.75, 3.05) is 0 Å². The molecule has 1 aliphatic carbocycles. The van der Waals surface area contributed by atoms with Crippen LogP contribution in [0.5, 0.6) is 0 Å². The quantitative estimate of drug-likeness (QED) is 0.637. The highest BCUT2D eigenvalue weighted by Gasteiger charge is 2.52. The average molecular weight is 334 g/mol. The van der Waals surface area contributed by atoms with Gasteiger partial charge in [-0.05, 0) is 34.7 Å². The van der Waals surface area contributed by atoms with Crippen molar-refractivity contribution < 1.29 is 9.53 Å². The molecule has 0 radical (unpaired) electrons. The number of allylic oxidation sites excluding steroid dienone is 2. The van der Waals surface area contributed by atoms with E-state index in [2.05, 4.69) is 44.0 Å². The largest absolute Gasteiger partial charge is 0.361 e. The molecule has 80 valence electrons. The van der Waals surface area contributed by atoms with Crippen LogP contribution in [0.25, 0.3) is 0 Å². The van der Waals surface area contributed by atoms with Crippen molar-refractivity contribution >= 4 is 37.6 Å². The first-order chi connectivity index (χ1) is 7.20. The third-order valence-corrected chi connectivity index (χ3v) is 5.74. The lowest BCUT2D eigenvalue weighted by Crippen LogP contribution is -2.30. The van der Waals surface area contributed by atoms with E-state index in [1.165, 1.54) is 0 Å². The van der Waals surface area contributed by atoms with Gasteiger partial charge >= 0.3 is 0 Å². The van der Waals surface area contributed by atoms with E-state index in [0.717, 1.165) is 17.3 Å². The summed E-state index contributed by atoms with van der Waals surface area (Å²) in [6.45, 7) is 0. The second-order valence-corrected chi connectivity index (χ2v) is 5.92. The fourth-order valence-electron chi connectivity index (χ4n) is 2.78. The van der Waals surface area contributed by atoms with Crippen LogP contribution in [0.2, 0.25) is 0 Å². The Kier molecular flexibility index (Phi) is 2.41. The van der Waals surface area contributed by atoms with Crippen LogP contribution in [-0.4, -0.2) is 18.0 Å². The van der Waals surface area contributed by atoms with Gasteiger partial charge in [0.2, 0.25) is 0 Å². The van der Waals surface area contributed by atoms with Gasteiger partial charge in [-0.25, -0.2) is 0 Å². The van der Waals surface area contributed by atoms with Crippen LogP contribution < -0.4 is 0 Å². The Balaban J connectivity index is 2.05. The number of carbonyl (C=O) groups is 1. The zero-order valence-electron chi connectivity index (χ0n) is 7.95. The van der Waals surface area contributed by atoms with Crippen LogP contribution in [0.3, 0.4) is 0 Å². The number of halogens is 2. The first kappa shape index (κ1) is 10.2. The van der Waals surface area contributed by atoms with Gasteiger partial charge in [-0.2, -0.15) is 0 Å². The molecule has 2 aliphatic heterocycles. The molecule has 2 unspecified atom stereocenters. The Labute approximate surface area is 105 Å². The van der Waals surface area contributed by atoms with Gasteiger partial charge in [0.25, 0.3) is 0 Å². The van der Waals surface area contributed by atoms with Crippen molar-refractivity contribution in [1.82, 2.24) is 0 Å². The normalized spacial score (nSPS) is 43.5. The summed E-state index contributed by atoms with van der Waals surface area (Å²) in [4.78, 5) is 12.0. The van der Waals surface area contributed by atoms with Crippen molar-refractivity contribution in [3.8, 4) is 0 Å². The van der Waals surface area contributed by atoms with E-state index >= 15 is 0 Å². The summed E-state index contributed by atoms with van der Waals surface area (Å²) >= 11 is 6.83. The van der Waals surface area contributed by atoms with E-state index in [1.54, 1.807) is 0 Å². The molecule has 4 atom stereocenters. The number of hydrogen-bond acceptors (Lipinski definition) is 2. The van der Waals surface area contributed by atoms with E-state index in [4.69, 9.17) is 4.74 Å². The fourth-order valence-corrected chi connectivity index (χ4v) is 3.88. The van der Waals surface area contributed by atoms with Crippen molar-refractivity contribution in [3.05, 3.63) is 21.1 Å². The maximum absolute atomic E-state index is 12.0. The van der Waals surface area contributed by atoms with Gasteiger partial charge in [-0.3, -0.25) is 4.79 Å². The fraction of sp³-hybridized carbons (Fsp3) is 0.545.